The van der Waals surface area contributed by atoms with E-state index >= 15 is 0 Å². The molecule has 0 spiro atoms. The molecular formula is C54H40N2. The van der Waals surface area contributed by atoms with Crippen molar-refractivity contribution in [3.05, 3.63) is 243 Å². The van der Waals surface area contributed by atoms with Gasteiger partial charge in [-0.1, -0.05) is 170 Å². The van der Waals surface area contributed by atoms with Gasteiger partial charge in [0.15, 0.2) is 0 Å². The number of para-hydroxylation sites is 2. The quantitative estimate of drug-likeness (QED) is 0.139. The molecule has 0 unspecified atom stereocenters. The molecule has 0 radical (unpaired) electrons. The van der Waals surface area contributed by atoms with E-state index in [2.05, 4.69) is 252 Å². The van der Waals surface area contributed by atoms with Gasteiger partial charge in [-0.2, -0.15) is 0 Å². The van der Waals surface area contributed by atoms with Crippen LogP contribution in [0.3, 0.4) is 0 Å². The fourth-order valence-electron chi connectivity index (χ4n) is 7.50. The van der Waals surface area contributed by atoms with Crippen LogP contribution in [0.15, 0.2) is 243 Å². The van der Waals surface area contributed by atoms with Gasteiger partial charge in [0, 0.05) is 34.1 Å². The highest BCUT2D eigenvalue weighted by Crippen LogP contribution is 2.41. The number of hydrogen-bond acceptors (Lipinski definition) is 2. The summed E-state index contributed by atoms with van der Waals surface area (Å²) in [6.45, 7) is 0. The average Bonchev–Trinajstić information content (AvgIpc) is 3.29. The highest BCUT2D eigenvalue weighted by molar-refractivity contribution is 5.87. The molecule has 0 heterocycles. The zero-order chi connectivity index (χ0) is 37.5. The Balaban J connectivity index is 1.06. The zero-order valence-corrected chi connectivity index (χ0v) is 31.0. The second-order valence-corrected chi connectivity index (χ2v) is 13.8. The third-order valence-electron chi connectivity index (χ3n) is 10.3. The lowest BCUT2D eigenvalue weighted by Gasteiger charge is -2.26. The molecule has 2 nitrogen and oxygen atoms in total. The summed E-state index contributed by atoms with van der Waals surface area (Å²) >= 11 is 0. The lowest BCUT2D eigenvalue weighted by Crippen LogP contribution is -2.10. The molecule has 56 heavy (non-hydrogen) atoms. The summed E-state index contributed by atoms with van der Waals surface area (Å²) in [5.41, 5.74) is 16.2. The van der Waals surface area contributed by atoms with E-state index < -0.39 is 0 Å². The number of rotatable bonds is 10. The monoisotopic (exact) mass is 716 g/mol. The summed E-state index contributed by atoms with van der Waals surface area (Å²) in [5, 5.41) is 0. The van der Waals surface area contributed by atoms with Gasteiger partial charge >= 0.3 is 0 Å². The predicted octanol–water partition coefficient (Wildman–Crippen LogP) is 15.3. The average molecular weight is 717 g/mol. The highest BCUT2D eigenvalue weighted by Gasteiger charge is 2.16. The second-order valence-electron chi connectivity index (χ2n) is 13.8. The van der Waals surface area contributed by atoms with Gasteiger partial charge in [-0.15, -0.1) is 0 Å². The van der Waals surface area contributed by atoms with Crippen molar-refractivity contribution in [1.29, 1.82) is 0 Å². The Morgan fingerprint density at radius 2 is 0.464 bits per heavy atom. The molecule has 0 atom stereocenters. The lowest BCUT2D eigenvalue weighted by molar-refractivity contribution is 1.28. The van der Waals surface area contributed by atoms with Gasteiger partial charge in [0.2, 0.25) is 0 Å². The first kappa shape index (κ1) is 34.4. The third-order valence-corrected chi connectivity index (χ3v) is 10.3. The normalized spacial score (nSPS) is 10.9. The van der Waals surface area contributed by atoms with Gasteiger partial charge in [0.25, 0.3) is 0 Å². The Hall–Kier alpha value is -7.42. The SMILES string of the molecule is c1ccc(-c2ccc(N(c3ccc(-c4ccccc4-c4ccc(N(c5ccccc5)c5ccccc5)cc4)cc3)c3cccc(-c4ccccc4)c3)cc2)cc1. The van der Waals surface area contributed by atoms with E-state index in [0.29, 0.717) is 0 Å². The van der Waals surface area contributed by atoms with E-state index in [0.717, 1.165) is 34.1 Å². The first-order valence-corrected chi connectivity index (χ1v) is 19.1. The number of anilines is 6. The molecule has 0 aliphatic heterocycles. The molecule has 9 aromatic rings. The third kappa shape index (κ3) is 7.24. The van der Waals surface area contributed by atoms with Crippen LogP contribution in [0.2, 0.25) is 0 Å². The molecule has 0 saturated heterocycles. The number of hydrogen-bond donors (Lipinski definition) is 0. The summed E-state index contributed by atoms with van der Waals surface area (Å²) in [5.74, 6) is 0. The minimum Gasteiger partial charge on any atom is -0.311 e. The van der Waals surface area contributed by atoms with Crippen LogP contribution in [0.4, 0.5) is 34.1 Å². The van der Waals surface area contributed by atoms with Gasteiger partial charge in [-0.3, -0.25) is 0 Å². The fourth-order valence-corrected chi connectivity index (χ4v) is 7.50. The largest absolute Gasteiger partial charge is 0.311 e. The van der Waals surface area contributed by atoms with Crippen molar-refractivity contribution in [2.24, 2.45) is 0 Å². The molecule has 266 valence electrons. The van der Waals surface area contributed by atoms with Crippen molar-refractivity contribution < 1.29 is 0 Å². The van der Waals surface area contributed by atoms with Crippen molar-refractivity contribution in [2.75, 3.05) is 9.80 Å². The van der Waals surface area contributed by atoms with Gasteiger partial charge in [0.1, 0.15) is 0 Å². The summed E-state index contributed by atoms with van der Waals surface area (Å²) < 4.78 is 0. The molecule has 0 amide bonds. The van der Waals surface area contributed by atoms with Gasteiger partial charge in [0.05, 0.1) is 0 Å². The molecule has 0 aliphatic rings. The van der Waals surface area contributed by atoms with Crippen LogP contribution in [-0.2, 0) is 0 Å². The van der Waals surface area contributed by atoms with Gasteiger partial charge in [-0.05, 0) is 117 Å². The topological polar surface area (TPSA) is 6.48 Å². The van der Waals surface area contributed by atoms with Crippen LogP contribution >= 0.6 is 0 Å². The summed E-state index contributed by atoms with van der Waals surface area (Å²) in [6, 6.07) is 86.5. The van der Waals surface area contributed by atoms with Crippen LogP contribution in [0.5, 0.6) is 0 Å². The van der Waals surface area contributed by atoms with E-state index in [1.807, 2.05) is 0 Å². The fraction of sp³-hybridized carbons (Fsp3) is 0. The Morgan fingerprint density at radius 3 is 0.911 bits per heavy atom. The second kappa shape index (κ2) is 15.9. The first-order valence-electron chi connectivity index (χ1n) is 19.1. The van der Waals surface area contributed by atoms with Crippen molar-refractivity contribution in [2.45, 2.75) is 0 Å². The Bertz CT molecular complexity index is 2600. The zero-order valence-electron chi connectivity index (χ0n) is 31.0. The van der Waals surface area contributed by atoms with Crippen LogP contribution < -0.4 is 9.80 Å². The van der Waals surface area contributed by atoms with Crippen molar-refractivity contribution >= 4 is 34.1 Å². The molecule has 9 aromatic carbocycles. The Labute approximate surface area is 329 Å². The van der Waals surface area contributed by atoms with Crippen LogP contribution in [0, 0.1) is 0 Å². The smallest absolute Gasteiger partial charge is 0.0467 e. The molecule has 0 aromatic heterocycles. The number of nitrogens with zero attached hydrogens (tertiary/aromatic N) is 2. The van der Waals surface area contributed by atoms with E-state index in [1.54, 1.807) is 0 Å². The number of benzene rings is 9. The van der Waals surface area contributed by atoms with Gasteiger partial charge < -0.3 is 9.80 Å². The molecule has 0 aliphatic carbocycles. The van der Waals surface area contributed by atoms with Gasteiger partial charge in [-0.25, -0.2) is 0 Å². The summed E-state index contributed by atoms with van der Waals surface area (Å²) in [4.78, 5) is 4.64. The molecule has 9 rings (SSSR count). The molecule has 0 saturated carbocycles. The van der Waals surface area contributed by atoms with Crippen LogP contribution in [0.25, 0.3) is 44.5 Å². The van der Waals surface area contributed by atoms with E-state index in [9.17, 15) is 0 Å². The van der Waals surface area contributed by atoms with Crippen molar-refractivity contribution in [1.82, 2.24) is 0 Å². The maximum absolute atomic E-state index is 2.35. The van der Waals surface area contributed by atoms with Crippen molar-refractivity contribution in [3.63, 3.8) is 0 Å². The minimum atomic E-state index is 1.09. The van der Waals surface area contributed by atoms with E-state index in [-0.39, 0.29) is 0 Å². The summed E-state index contributed by atoms with van der Waals surface area (Å²) in [6.07, 6.45) is 0. The minimum absolute atomic E-state index is 1.09. The molecular weight excluding hydrogens is 677 g/mol. The van der Waals surface area contributed by atoms with Crippen LogP contribution in [-0.4, -0.2) is 0 Å². The maximum atomic E-state index is 2.35. The predicted molar refractivity (Wildman–Crippen MR) is 238 cm³/mol. The lowest BCUT2D eigenvalue weighted by atomic mass is 9.94. The highest BCUT2D eigenvalue weighted by atomic mass is 15.1. The molecule has 0 N–H and O–H groups in total. The maximum Gasteiger partial charge on any atom is 0.0467 e. The standard InChI is InChI=1S/C54H40N2/c1-5-16-41(17-6-1)43-28-34-50(35-29-43)56(52-25-15-20-46(40-52)42-18-7-2-8-19-42)51-38-32-45(33-39-51)54-27-14-13-26-53(54)44-30-36-49(37-31-44)55(47-21-9-3-10-22-47)48-23-11-4-12-24-48/h1-40H. The Kier molecular flexibility index (Phi) is 9.75. The van der Waals surface area contributed by atoms with E-state index in [4.69, 9.17) is 0 Å². The first-order chi connectivity index (χ1) is 27.8. The molecule has 0 bridgehead atoms. The molecule has 2 heteroatoms. The molecule has 0 fully saturated rings. The van der Waals surface area contributed by atoms with E-state index in [1.165, 1.54) is 44.5 Å². The van der Waals surface area contributed by atoms with Crippen molar-refractivity contribution in [3.8, 4) is 44.5 Å². The Morgan fingerprint density at radius 1 is 0.179 bits per heavy atom. The van der Waals surface area contributed by atoms with Crippen LogP contribution in [0.1, 0.15) is 0 Å². The summed E-state index contributed by atoms with van der Waals surface area (Å²) in [7, 11) is 0.